The molecule has 1 atom stereocenters. The fraction of sp³-hybridized carbons (Fsp3) is 0.700. The molecule has 2 N–H and O–H groups in total. The number of rotatable bonds is 3. The Morgan fingerprint density at radius 2 is 2.19 bits per heavy atom. The van der Waals surface area contributed by atoms with Gasteiger partial charge in [0.25, 0.3) is 0 Å². The van der Waals surface area contributed by atoms with Gasteiger partial charge in [0.15, 0.2) is 5.69 Å². The minimum atomic E-state index is -4.39. The molecule has 1 heterocycles. The molecule has 1 aliphatic rings. The van der Waals surface area contributed by atoms with Gasteiger partial charge in [-0.1, -0.05) is 0 Å². The first-order valence-electron chi connectivity index (χ1n) is 5.28. The van der Waals surface area contributed by atoms with Crippen molar-refractivity contribution in [3.63, 3.8) is 0 Å². The lowest BCUT2D eigenvalue weighted by molar-refractivity contribution is -0.141. The zero-order valence-electron chi connectivity index (χ0n) is 8.96. The van der Waals surface area contributed by atoms with Gasteiger partial charge in [-0.25, -0.2) is 0 Å². The molecule has 0 saturated heterocycles. The molecule has 0 unspecified atom stereocenters. The topological polar surface area (TPSA) is 43.8 Å². The molecule has 3 nitrogen and oxygen atoms in total. The summed E-state index contributed by atoms with van der Waals surface area (Å²) in [7, 11) is 0. The highest BCUT2D eigenvalue weighted by Crippen LogP contribution is 2.34. The third kappa shape index (κ3) is 2.37. The SMILES string of the molecule is C[C@H](N)c1cc(C(F)(F)F)nn1CC1CC1. The van der Waals surface area contributed by atoms with Crippen LogP contribution in [0.2, 0.25) is 0 Å². The molecule has 0 aliphatic heterocycles. The van der Waals surface area contributed by atoms with E-state index in [4.69, 9.17) is 5.73 Å². The first-order chi connectivity index (χ1) is 7.38. The highest BCUT2D eigenvalue weighted by atomic mass is 19.4. The van der Waals surface area contributed by atoms with E-state index < -0.39 is 17.9 Å². The van der Waals surface area contributed by atoms with Crippen molar-refractivity contribution in [3.8, 4) is 0 Å². The van der Waals surface area contributed by atoms with Crippen LogP contribution in [0.5, 0.6) is 0 Å². The predicted octanol–water partition coefficient (Wildman–Crippen LogP) is 2.33. The molecular formula is C10H14F3N3. The molecule has 16 heavy (non-hydrogen) atoms. The molecule has 0 amide bonds. The van der Waals surface area contributed by atoms with Crippen LogP contribution in [0.25, 0.3) is 0 Å². The Morgan fingerprint density at radius 3 is 2.62 bits per heavy atom. The lowest BCUT2D eigenvalue weighted by Crippen LogP contribution is -2.14. The third-order valence-corrected chi connectivity index (χ3v) is 2.70. The molecule has 1 aromatic rings. The average molecular weight is 233 g/mol. The van der Waals surface area contributed by atoms with E-state index in [1.165, 1.54) is 4.68 Å². The van der Waals surface area contributed by atoms with Gasteiger partial charge in [-0.15, -0.1) is 0 Å². The van der Waals surface area contributed by atoms with Crippen molar-refractivity contribution in [2.75, 3.05) is 0 Å². The van der Waals surface area contributed by atoms with Crippen molar-refractivity contribution in [1.82, 2.24) is 9.78 Å². The Labute approximate surface area is 91.4 Å². The molecule has 6 heteroatoms. The molecule has 1 aromatic heterocycles. The summed E-state index contributed by atoms with van der Waals surface area (Å²) < 4.78 is 38.9. The van der Waals surface area contributed by atoms with E-state index in [1.807, 2.05) is 0 Å². The Balaban J connectivity index is 2.29. The van der Waals surface area contributed by atoms with Gasteiger partial charge in [-0.3, -0.25) is 4.68 Å². The molecule has 1 aliphatic carbocycles. The molecule has 1 fully saturated rings. The summed E-state index contributed by atoms with van der Waals surface area (Å²) in [4.78, 5) is 0. The third-order valence-electron chi connectivity index (χ3n) is 2.70. The quantitative estimate of drug-likeness (QED) is 0.870. The van der Waals surface area contributed by atoms with E-state index in [-0.39, 0.29) is 0 Å². The van der Waals surface area contributed by atoms with Crippen LogP contribution in [-0.4, -0.2) is 9.78 Å². The molecular weight excluding hydrogens is 219 g/mol. The zero-order valence-corrected chi connectivity index (χ0v) is 8.96. The summed E-state index contributed by atoms with van der Waals surface area (Å²) in [6.07, 6.45) is -2.25. The molecule has 0 radical (unpaired) electrons. The maximum absolute atomic E-state index is 12.5. The zero-order chi connectivity index (χ0) is 11.9. The minimum Gasteiger partial charge on any atom is -0.323 e. The summed E-state index contributed by atoms with van der Waals surface area (Å²) >= 11 is 0. The van der Waals surface area contributed by atoms with Crippen LogP contribution in [0.4, 0.5) is 13.2 Å². The van der Waals surface area contributed by atoms with E-state index in [0.29, 0.717) is 18.2 Å². The minimum absolute atomic E-state index is 0.428. The number of nitrogens with zero attached hydrogens (tertiary/aromatic N) is 2. The second-order valence-corrected chi connectivity index (χ2v) is 4.37. The lowest BCUT2D eigenvalue weighted by Gasteiger charge is -2.08. The van der Waals surface area contributed by atoms with Gasteiger partial charge in [0.1, 0.15) is 0 Å². The monoisotopic (exact) mass is 233 g/mol. The lowest BCUT2D eigenvalue weighted by atomic mass is 10.2. The number of hydrogen-bond donors (Lipinski definition) is 1. The number of aromatic nitrogens is 2. The van der Waals surface area contributed by atoms with E-state index in [9.17, 15) is 13.2 Å². The van der Waals surface area contributed by atoms with Gasteiger partial charge in [-0.05, 0) is 31.7 Å². The second kappa shape index (κ2) is 3.76. The van der Waals surface area contributed by atoms with Crippen molar-refractivity contribution in [2.45, 2.75) is 38.5 Å². The summed E-state index contributed by atoms with van der Waals surface area (Å²) in [5.41, 5.74) is 5.25. The number of halogens is 3. The Kier molecular flexibility index (Phi) is 2.69. The highest BCUT2D eigenvalue weighted by Gasteiger charge is 2.36. The van der Waals surface area contributed by atoms with Crippen LogP contribution in [0, 0.1) is 5.92 Å². The van der Waals surface area contributed by atoms with Crippen LogP contribution in [-0.2, 0) is 12.7 Å². The van der Waals surface area contributed by atoms with Gasteiger partial charge < -0.3 is 5.73 Å². The van der Waals surface area contributed by atoms with Crippen molar-refractivity contribution >= 4 is 0 Å². The highest BCUT2D eigenvalue weighted by molar-refractivity contribution is 5.16. The van der Waals surface area contributed by atoms with E-state index in [0.717, 1.165) is 18.9 Å². The fourth-order valence-electron chi connectivity index (χ4n) is 1.63. The summed E-state index contributed by atoms with van der Waals surface area (Å²) in [6.45, 7) is 2.22. The van der Waals surface area contributed by atoms with Gasteiger partial charge in [0.05, 0.1) is 5.69 Å². The maximum atomic E-state index is 12.5. The van der Waals surface area contributed by atoms with Crippen LogP contribution in [0.1, 0.15) is 37.2 Å². The Hall–Kier alpha value is -1.04. The van der Waals surface area contributed by atoms with Crippen LogP contribution in [0.3, 0.4) is 0 Å². The maximum Gasteiger partial charge on any atom is 0.435 e. The fourth-order valence-corrected chi connectivity index (χ4v) is 1.63. The molecule has 90 valence electrons. The number of hydrogen-bond acceptors (Lipinski definition) is 2. The predicted molar refractivity (Wildman–Crippen MR) is 52.6 cm³/mol. The van der Waals surface area contributed by atoms with Crippen molar-refractivity contribution < 1.29 is 13.2 Å². The van der Waals surface area contributed by atoms with E-state index >= 15 is 0 Å². The number of nitrogens with two attached hydrogens (primary N) is 1. The molecule has 0 aromatic carbocycles. The summed E-state index contributed by atoms with van der Waals surface area (Å²) in [6, 6.07) is 0.620. The largest absolute Gasteiger partial charge is 0.435 e. The van der Waals surface area contributed by atoms with Crippen LogP contribution < -0.4 is 5.73 Å². The first-order valence-corrected chi connectivity index (χ1v) is 5.28. The first kappa shape index (κ1) is 11.4. The normalized spacial score (nSPS) is 18.8. The van der Waals surface area contributed by atoms with Crippen molar-refractivity contribution in [1.29, 1.82) is 0 Å². The average Bonchev–Trinajstić information content (AvgIpc) is 2.80. The van der Waals surface area contributed by atoms with Gasteiger partial charge in [-0.2, -0.15) is 18.3 Å². The Morgan fingerprint density at radius 1 is 1.56 bits per heavy atom. The van der Waals surface area contributed by atoms with Crippen LogP contribution >= 0.6 is 0 Å². The van der Waals surface area contributed by atoms with Gasteiger partial charge >= 0.3 is 6.18 Å². The van der Waals surface area contributed by atoms with E-state index in [2.05, 4.69) is 5.10 Å². The molecule has 0 spiro atoms. The smallest absolute Gasteiger partial charge is 0.323 e. The summed E-state index contributed by atoms with van der Waals surface area (Å²) in [5.74, 6) is 0.471. The van der Waals surface area contributed by atoms with Gasteiger partial charge in [0.2, 0.25) is 0 Å². The summed E-state index contributed by atoms with van der Waals surface area (Å²) in [5, 5.41) is 3.59. The standard InChI is InChI=1S/C10H14F3N3/c1-6(14)8-4-9(10(11,12)13)15-16(8)5-7-2-3-7/h4,6-7H,2-3,5,14H2,1H3/t6-/m0/s1. The van der Waals surface area contributed by atoms with Crippen molar-refractivity contribution in [2.24, 2.45) is 11.7 Å². The molecule has 1 saturated carbocycles. The Bertz CT molecular complexity index is 377. The molecule has 2 rings (SSSR count). The van der Waals surface area contributed by atoms with E-state index in [1.54, 1.807) is 6.92 Å². The van der Waals surface area contributed by atoms with Gasteiger partial charge in [0, 0.05) is 12.6 Å². The van der Waals surface area contributed by atoms with Crippen molar-refractivity contribution in [3.05, 3.63) is 17.5 Å². The van der Waals surface area contributed by atoms with Crippen LogP contribution in [0.15, 0.2) is 6.07 Å². The number of alkyl halides is 3. The molecule has 0 bridgehead atoms. The second-order valence-electron chi connectivity index (χ2n) is 4.37.